The minimum Gasteiger partial charge on any atom is -0.497 e. The molecule has 6 rings (SSSR count). The zero-order valence-corrected chi connectivity index (χ0v) is 22.9. The van der Waals surface area contributed by atoms with E-state index in [2.05, 4.69) is 6.07 Å². The minimum atomic E-state index is -2.08. The molecule has 1 aromatic heterocycles. The van der Waals surface area contributed by atoms with Gasteiger partial charge in [0.05, 0.1) is 37.4 Å². The third-order valence-electron chi connectivity index (χ3n) is 8.32. The largest absolute Gasteiger partial charge is 0.497 e. The fraction of sp³-hybridized carbons (Fsp3) is 0.281. The van der Waals surface area contributed by atoms with Crippen molar-refractivity contribution in [1.29, 1.82) is 5.26 Å². The zero-order valence-electron chi connectivity index (χ0n) is 22.9. The Morgan fingerprint density at radius 3 is 2.39 bits per heavy atom. The number of nitrogens with zero attached hydrogens (tertiary/aromatic N) is 4. The molecule has 9 nitrogen and oxygen atoms in total. The molecule has 2 heterocycles. The average molecular weight is 551 g/mol. The summed E-state index contributed by atoms with van der Waals surface area (Å²) in [7, 11) is 4.86. The van der Waals surface area contributed by atoms with Crippen molar-refractivity contribution in [2.75, 3.05) is 21.2 Å². The predicted octanol–water partition coefficient (Wildman–Crippen LogP) is 3.15. The van der Waals surface area contributed by atoms with Crippen LogP contribution in [-0.4, -0.2) is 58.1 Å². The molecule has 1 amide bonds. The Morgan fingerprint density at radius 1 is 1.10 bits per heavy atom. The predicted molar refractivity (Wildman–Crippen MR) is 149 cm³/mol. The van der Waals surface area contributed by atoms with Crippen molar-refractivity contribution < 1.29 is 24.5 Å². The SMILES string of the molecule is COc1ccc(Cn2cc3c(n2)C2(O)C(O)C(C(=O)N(C)C)C(c4ccccc4)C2(c2ccc(C#N)cc2)O3)cc1. The maximum Gasteiger partial charge on any atom is 0.228 e. The Balaban J connectivity index is 1.54. The van der Waals surface area contributed by atoms with Crippen molar-refractivity contribution >= 4 is 5.91 Å². The third kappa shape index (κ3) is 3.83. The Morgan fingerprint density at radius 2 is 1.78 bits per heavy atom. The number of amides is 1. The molecule has 0 spiro atoms. The Labute approximate surface area is 237 Å². The Hall–Kier alpha value is -4.65. The highest BCUT2D eigenvalue weighted by Gasteiger charge is 2.78. The summed E-state index contributed by atoms with van der Waals surface area (Å²) in [4.78, 5) is 15.1. The molecule has 2 aliphatic rings. The number of hydrogen-bond acceptors (Lipinski definition) is 7. The molecule has 9 heteroatoms. The topological polar surface area (TPSA) is 121 Å². The van der Waals surface area contributed by atoms with Gasteiger partial charge in [-0.15, -0.1) is 0 Å². The highest BCUT2D eigenvalue weighted by atomic mass is 16.5. The maximum atomic E-state index is 13.7. The van der Waals surface area contributed by atoms with Crippen LogP contribution in [0.5, 0.6) is 11.5 Å². The fourth-order valence-corrected chi connectivity index (χ4v) is 6.45. The van der Waals surface area contributed by atoms with Gasteiger partial charge >= 0.3 is 0 Å². The van der Waals surface area contributed by atoms with Crippen LogP contribution in [0.4, 0.5) is 0 Å². The zero-order chi connectivity index (χ0) is 28.9. The van der Waals surface area contributed by atoms with E-state index >= 15 is 0 Å². The fourth-order valence-electron chi connectivity index (χ4n) is 6.45. The number of hydrogen-bond donors (Lipinski definition) is 2. The van der Waals surface area contributed by atoms with Crippen LogP contribution in [-0.2, 0) is 22.5 Å². The van der Waals surface area contributed by atoms with Crippen molar-refractivity contribution in [3.8, 4) is 17.6 Å². The maximum absolute atomic E-state index is 13.7. The molecular weight excluding hydrogens is 520 g/mol. The molecule has 0 bridgehead atoms. The average Bonchev–Trinajstić information content (AvgIpc) is 3.56. The first-order valence-electron chi connectivity index (χ1n) is 13.3. The molecule has 0 saturated heterocycles. The van der Waals surface area contributed by atoms with Crippen LogP contribution in [0.2, 0.25) is 0 Å². The smallest absolute Gasteiger partial charge is 0.228 e. The number of carbonyl (C=O) groups excluding carboxylic acids is 1. The van der Waals surface area contributed by atoms with E-state index in [-0.39, 0.29) is 11.6 Å². The summed E-state index contributed by atoms with van der Waals surface area (Å²) < 4.78 is 13.7. The molecule has 5 unspecified atom stereocenters. The third-order valence-corrected chi connectivity index (χ3v) is 8.32. The molecule has 0 radical (unpaired) electrons. The van der Waals surface area contributed by atoms with Gasteiger partial charge in [0.25, 0.3) is 0 Å². The number of rotatable bonds is 6. The quantitative estimate of drug-likeness (QED) is 0.378. The van der Waals surface area contributed by atoms with E-state index in [4.69, 9.17) is 14.6 Å². The summed E-state index contributed by atoms with van der Waals surface area (Å²) in [5.41, 5.74) is -0.883. The van der Waals surface area contributed by atoms with Gasteiger partial charge in [0.2, 0.25) is 5.91 Å². The molecule has 208 valence electrons. The molecule has 41 heavy (non-hydrogen) atoms. The van der Waals surface area contributed by atoms with Gasteiger partial charge in [-0.05, 0) is 41.0 Å². The van der Waals surface area contributed by atoms with E-state index in [0.717, 1.165) is 16.9 Å². The molecule has 4 aromatic rings. The van der Waals surface area contributed by atoms with Crippen LogP contribution in [0.15, 0.2) is 85.1 Å². The van der Waals surface area contributed by atoms with Crippen molar-refractivity contribution in [2.45, 2.75) is 29.8 Å². The van der Waals surface area contributed by atoms with Crippen LogP contribution in [0.3, 0.4) is 0 Å². The van der Waals surface area contributed by atoms with Crippen LogP contribution in [0.25, 0.3) is 0 Å². The number of fused-ring (bicyclic) bond motifs is 3. The second-order valence-corrected chi connectivity index (χ2v) is 10.8. The van der Waals surface area contributed by atoms with Crippen LogP contribution in [0.1, 0.15) is 33.9 Å². The number of aromatic nitrogens is 2. The number of benzene rings is 3. The first-order chi connectivity index (χ1) is 19.7. The van der Waals surface area contributed by atoms with Gasteiger partial charge in [-0.25, -0.2) is 0 Å². The Kier molecular flexibility index (Phi) is 6.33. The molecule has 5 atom stereocenters. The molecular formula is C32H30N4O5. The molecule has 1 aliphatic carbocycles. The number of aliphatic hydroxyl groups is 2. The van der Waals surface area contributed by atoms with Crippen molar-refractivity contribution in [2.24, 2.45) is 5.92 Å². The number of nitriles is 1. The van der Waals surface area contributed by atoms with E-state index in [1.807, 2.05) is 54.6 Å². The molecule has 3 aromatic carbocycles. The molecule has 1 fully saturated rings. The van der Waals surface area contributed by atoms with E-state index < -0.39 is 29.1 Å². The molecule has 1 saturated carbocycles. The first kappa shape index (κ1) is 26.6. The van der Waals surface area contributed by atoms with Crippen molar-refractivity contribution in [1.82, 2.24) is 14.7 Å². The first-order valence-corrected chi connectivity index (χ1v) is 13.3. The number of methoxy groups -OCH3 is 1. The second-order valence-electron chi connectivity index (χ2n) is 10.8. The van der Waals surface area contributed by atoms with Gasteiger partial charge in [0.15, 0.2) is 17.0 Å². The van der Waals surface area contributed by atoms with Gasteiger partial charge in [0.1, 0.15) is 17.5 Å². The van der Waals surface area contributed by atoms with E-state index in [1.54, 1.807) is 56.3 Å². The van der Waals surface area contributed by atoms with Crippen molar-refractivity contribution in [3.63, 3.8) is 0 Å². The lowest BCUT2D eigenvalue weighted by atomic mass is 9.71. The van der Waals surface area contributed by atoms with Crippen molar-refractivity contribution in [3.05, 3.63) is 113 Å². The van der Waals surface area contributed by atoms with Gasteiger partial charge in [-0.1, -0.05) is 54.6 Å². The van der Waals surface area contributed by atoms with Gasteiger partial charge in [-0.3, -0.25) is 9.48 Å². The van der Waals surface area contributed by atoms with Gasteiger partial charge in [-0.2, -0.15) is 10.4 Å². The summed E-state index contributed by atoms with van der Waals surface area (Å²) >= 11 is 0. The summed E-state index contributed by atoms with van der Waals surface area (Å²) in [5, 5.41) is 38.9. The molecule has 2 N–H and O–H groups in total. The number of carbonyl (C=O) groups is 1. The standard InChI is InChI=1S/C32H30N4O5/c1-35(2)30(38)26-27(22-7-5-4-6-8-22)32(23-13-9-20(17-33)10-14-23)31(39,29(26)37)28-25(41-32)19-36(34-28)18-21-11-15-24(40-3)16-12-21/h4-16,19,26-27,29,37,39H,18H2,1-3H3. The minimum absolute atomic E-state index is 0.165. The van der Waals surface area contributed by atoms with Gasteiger partial charge in [0, 0.05) is 20.0 Å². The lowest BCUT2D eigenvalue weighted by molar-refractivity contribution is -0.158. The highest BCUT2D eigenvalue weighted by Crippen LogP contribution is 2.68. The van der Waals surface area contributed by atoms with E-state index in [0.29, 0.717) is 23.4 Å². The lowest BCUT2D eigenvalue weighted by Crippen LogP contribution is -2.52. The normalized spacial score (nSPS) is 26.0. The number of aliphatic hydroxyl groups excluding tert-OH is 1. The summed E-state index contributed by atoms with van der Waals surface area (Å²) in [6.45, 7) is 0.387. The van der Waals surface area contributed by atoms with Crippen LogP contribution in [0, 0.1) is 17.2 Å². The highest BCUT2D eigenvalue weighted by molar-refractivity contribution is 5.82. The van der Waals surface area contributed by atoms with E-state index in [1.165, 1.54) is 4.90 Å². The summed E-state index contributed by atoms with van der Waals surface area (Å²) in [6, 6.07) is 25.7. The Bertz CT molecular complexity index is 1630. The second kappa shape index (κ2) is 9.77. The summed E-state index contributed by atoms with van der Waals surface area (Å²) in [6.07, 6.45) is 0.155. The van der Waals surface area contributed by atoms with Gasteiger partial charge < -0.3 is 24.6 Å². The van der Waals surface area contributed by atoms with Crippen LogP contribution < -0.4 is 9.47 Å². The van der Waals surface area contributed by atoms with E-state index in [9.17, 15) is 20.3 Å². The molecule has 1 aliphatic heterocycles. The summed E-state index contributed by atoms with van der Waals surface area (Å²) in [5.74, 6) is -1.12. The monoisotopic (exact) mass is 550 g/mol. The lowest BCUT2D eigenvalue weighted by Gasteiger charge is -2.40. The van der Waals surface area contributed by atoms with Crippen LogP contribution >= 0.6 is 0 Å². The number of ether oxygens (including phenoxy) is 2.